The first-order valence-electron chi connectivity index (χ1n) is 7.19. The smallest absolute Gasteiger partial charge is 0.214 e. The molecule has 1 saturated carbocycles. The summed E-state index contributed by atoms with van der Waals surface area (Å²) in [4.78, 5) is 0. The normalized spacial score (nSPS) is 36.5. The molecule has 1 aliphatic carbocycles. The topological polar surface area (TPSA) is 75.6 Å². The van der Waals surface area contributed by atoms with Crippen LogP contribution in [-0.2, 0) is 14.8 Å². The Morgan fingerprint density at radius 3 is 2.74 bits per heavy atom. The lowest BCUT2D eigenvalue weighted by molar-refractivity contribution is 0.115. The summed E-state index contributed by atoms with van der Waals surface area (Å²) in [7, 11) is -3.39. The molecule has 0 bridgehead atoms. The SMILES string of the molecule is CC1CCCC(CO)(NS(=O)(=O)CC2CCCO2)C1. The summed E-state index contributed by atoms with van der Waals surface area (Å²) in [6, 6.07) is 0. The van der Waals surface area contributed by atoms with E-state index < -0.39 is 15.6 Å². The van der Waals surface area contributed by atoms with Crippen molar-refractivity contribution in [1.82, 2.24) is 4.72 Å². The van der Waals surface area contributed by atoms with Crippen LogP contribution in [0.1, 0.15) is 45.4 Å². The molecule has 3 unspecified atom stereocenters. The molecule has 1 saturated heterocycles. The van der Waals surface area contributed by atoms with E-state index in [9.17, 15) is 13.5 Å². The average molecular weight is 291 g/mol. The Bertz CT molecular complexity index is 391. The highest BCUT2D eigenvalue weighted by atomic mass is 32.2. The van der Waals surface area contributed by atoms with Gasteiger partial charge in [-0.25, -0.2) is 13.1 Å². The Kier molecular flexibility index (Phi) is 4.87. The predicted molar refractivity (Wildman–Crippen MR) is 73.3 cm³/mol. The molecule has 0 aromatic rings. The zero-order valence-corrected chi connectivity index (χ0v) is 12.4. The zero-order chi connectivity index (χ0) is 13.9. The summed E-state index contributed by atoms with van der Waals surface area (Å²) in [6.45, 7) is 2.64. The van der Waals surface area contributed by atoms with E-state index in [1.54, 1.807) is 0 Å². The van der Waals surface area contributed by atoms with Crippen molar-refractivity contribution in [3.05, 3.63) is 0 Å². The molecule has 2 rings (SSSR count). The van der Waals surface area contributed by atoms with Gasteiger partial charge >= 0.3 is 0 Å². The van der Waals surface area contributed by atoms with Gasteiger partial charge in [0.1, 0.15) is 0 Å². The second-order valence-electron chi connectivity index (χ2n) is 6.16. The number of hydrogen-bond donors (Lipinski definition) is 2. The molecule has 0 amide bonds. The van der Waals surface area contributed by atoms with Gasteiger partial charge in [0.05, 0.1) is 24.0 Å². The molecule has 112 valence electrons. The van der Waals surface area contributed by atoms with E-state index in [-0.39, 0.29) is 18.5 Å². The third-order valence-corrected chi connectivity index (χ3v) is 5.75. The molecule has 0 spiro atoms. The van der Waals surface area contributed by atoms with Crippen molar-refractivity contribution in [2.45, 2.75) is 57.1 Å². The van der Waals surface area contributed by atoms with E-state index in [4.69, 9.17) is 4.74 Å². The quantitative estimate of drug-likeness (QED) is 0.793. The molecule has 2 fully saturated rings. The molecule has 3 atom stereocenters. The van der Waals surface area contributed by atoms with Gasteiger partial charge in [-0.05, 0) is 31.6 Å². The number of nitrogens with one attached hydrogen (secondary N) is 1. The molecule has 0 radical (unpaired) electrons. The Morgan fingerprint density at radius 2 is 2.16 bits per heavy atom. The molecule has 2 N–H and O–H groups in total. The third-order valence-electron chi connectivity index (χ3n) is 4.20. The first-order chi connectivity index (χ1) is 8.95. The van der Waals surface area contributed by atoms with Crippen molar-refractivity contribution in [1.29, 1.82) is 0 Å². The monoisotopic (exact) mass is 291 g/mol. The van der Waals surface area contributed by atoms with E-state index in [2.05, 4.69) is 11.6 Å². The van der Waals surface area contributed by atoms with Crippen LogP contribution in [0.5, 0.6) is 0 Å². The van der Waals surface area contributed by atoms with Crippen LogP contribution in [0.15, 0.2) is 0 Å². The van der Waals surface area contributed by atoms with Crippen LogP contribution < -0.4 is 4.72 Å². The molecule has 19 heavy (non-hydrogen) atoms. The van der Waals surface area contributed by atoms with Crippen LogP contribution >= 0.6 is 0 Å². The third kappa shape index (κ3) is 4.15. The number of aliphatic hydroxyl groups excluding tert-OH is 1. The molecule has 6 heteroatoms. The van der Waals surface area contributed by atoms with Gasteiger partial charge in [-0.3, -0.25) is 0 Å². The number of ether oxygens (including phenoxy) is 1. The van der Waals surface area contributed by atoms with Crippen molar-refractivity contribution in [3.63, 3.8) is 0 Å². The van der Waals surface area contributed by atoms with Gasteiger partial charge < -0.3 is 9.84 Å². The van der Waals surface area contributed by atoms with Crippen LogP contribution in [0.2, 0.25) is 0 Å². The lowest BCUT2D eigenvalue weighted by Crippen LogP contribution is -2.55. The maximum absolute atomic E-state index is 12.2. The van der Waals surface area contributed by atoms with Crippen molar-refractivity contribution in [2.24, 2.45) is 5.92 Å². The van der Waals surface area contributed by atoms with E-state index in [1.165, 1.54) is 0 Å². The van der Waals surface area contributed by atoms with Crippen molar-refractivity contribution in [3.8, 4) is 0 Å². The van der Waals surface area contributed by atoms with Gasteiger partial charge in [0, 0.05) is 6.61 Å². The zero-order valence-electron chi connectivity index (χ0n) is 11.6. The summed E-state index contributed by atoms with van der Waals surface area (Å²) in [5.74, 6) is 0.467. The number of hydrogen-bond acceptors (Lipinski definition) is 4. The second kappa shape index (κ2) is 6.08. The maximum atomic E-state index is 12.2. The molecule has 1 heterocycles. The van der Waals surface area contributed by atoms with Gasteiger partial charge in [0.15, 0.2) is 0 Å². The predicted octanol–water partition coefficient (Wildman–Crippen LogP) is 1.03. The van der Waals surface area contributed by atoms with Crippen molar-refractivity contribution >= 4 is 10.0 Å². The molecule has 5 nitrogen and oxygen atoms in total. The minimum absolute atomic E-state index is 0.0170. The summed E-state index contributed by atoms with van der Waals surface area (Å²) < 4.78 is 32.6. The second-order valence-corrected chi connectivity index (χ2v) is 7.93. The van der Waals surface area contributed by atoms with Gasteiger partial charge in [0.2, 0.25) is 10.0 Å². The largest absolute Gasteiger partial charge is 0.394 e. The fourth-order valence-corrected chi connectivity index (χ4v) is 5.07. The summed E-state index contributed by atoms with van der Waals surface area (Å²) in [6.07, 6.45) is 5.06. The Hall–Kier alpha value is -0.170. The Balaban J connectivity index is 1.99. The maximum Gasteiger partial charge on any atom is 0.214 e. The summed E-state index contributed by atoms with van der Waals surface area (Å²) in [5, 5.41) is 9.63. The standard InChI is InChI=1S/C13H25NO4S/c1-11-4-2-6-13(8-11,10-15)14-19(16,17)9-12-5-3-7-18-12/h11-12,14-15H,2-10H2,1H3. The van der Waals surface area contributed by atoms with Crippen molar-refractivity contribution in [2.75, 3.05) is 19.0 Å². The number of sulfonamides is 1. The number of aliphatic hydroxyl groups is 1. The van der Waals surface area contributed by atoms with E-state index in [1.807, 2.05) is 0 Å². The Morgan fingerprint density at radius 1 is 1.37 bits per heavy atom. The minimum Gasteiger partial charge on any atom is -0.394 e. The van der Waals surface area contributed by atoms with Gasteiger partial charge in [0.25, 0.3) is 0 Å². The molecule has 0 aromatic carbocycles. The highest BCUT2D eigenvalue weighted by Gasteiger charge is 2.38. The van der Waals surface area contributed by atoms with Gasteiger partial charge in [-0.2, -0.15) is 0 Å². The van der Waals surface area contributed by atoms with Gasteiger partial charge in [-0.1, -0.05) is 19.8 Å². The molecule has 1 aliphatic heterocycles. The first kappa shape index (κ1) is 15.2. The van der Waals surface area contributed by atoms with Crippen LogP contribution in [0.25, 0.3) is 0 Å². The van der Waals surface area contributed by atoms with Crippen LogP contribution in [0, 0.1) is 5.92 Å². The number of rotatable bonds is 5. The molecule has 2 aliphatic rings. The highest BCUT2D eigenvalue weighted by molar-refractivity contribution is 7.89. The summed E-state index contributed by atoms with van der Waals surface area (Å²) >= 11 is 0. The van der Waals surface area contributed by atoms with E-state index >= 15 is 0 Å². The van der Waals surface area contributed by atoms with Crippen molar-refractivity contribution < 1.29 is 18.3 Å². The molecule has 0 aromatic heterocycles. The van der Waals surface area contributed by atoms with E-state index in [0.717, 1.165) is 32.1 Å². The fraction of sp³-hybridized carbons (Fsp3) is 1.00. The van der Waals surface area contributed by atoms with Gasteiger partial charge in [-0.15, -0.1) is 0 Å². The lowest BCUT2D eigenvalue weighted by Gasteiger charge is -2.39. The average Bonchev–Trinajstić information content (AvgIpc) is 2.80. The summed E-state index contributed by atoms with van der Waals surface area (Å²) in [5.41, 5.74) is -0.658. The Labute approximate surface area is 115 Å². The highest BCUT2D eigenvalue weighted by Crippen LogP contribution is 2.32. The lowest BCUT2D eigenvalue weighted by atomic mass is 9.78. The van der Waals surface area contributed by atoms with Crippen LogP contribution in [-0.4, -0.2) is 44.1 Å². The molecular weight excluding hydrogens is 266 g/mol. The first-order valence-corrected chi connectivity index (χ1v) is 8.84. The van der Waals surface area contributed by atoms with Crippen LogP contribution in [0.4, 0.5) is 0 Å². The minimum atomic E-state index is -3.39. The molecular formula is C13H25NO4S. The van der Waals surface area contributed by atoms with Crippen LogP contribution in [0.3, 0.4) is 0 Å². The fourth-order valence-electron chi connectivity index (χ4n) is 3.32. The van der Waals surface area contributed by atoms with E-state index in [0.29, 0.717) is 18.9 Å².